The second-order valence-corrected chi connectivity index (χ2v) is 8.55. The summed E-state index contributed by atoms with van der Waals surface area (Å²) in [6.45, 7) is 2.52. The summed E-state index contributed by atoms with van der Waals surface area (Å²) in [5.74, 6) is 0.684. The Morgan fingerprint density at radius 1 is 1.15 bits per heavy atom. The molecule has 2 aromatic heterocycles. The SMILES string of the molecule is Cc1ccc(NC(=O)c2cccc([C@H]3CCCN3C(=O)COc3cccc(N(C)C)c3)n2)nc1. The molecule has 8 nitrogen and oxygen atoms in total. The van der Waals surface area contributed by atoms with Crippen molar-refractivity contribution in [1.29, 1.82) is 0 Å². The van der Waals surface area contributed by atoms with Crippen LogP contribution in [0.15, 0.2) is 60.8 Å². The smallest absolute Gasteiger partial charge is 0.275 e. The van der Waals surface area contributed by atoms with E-state index in [2.05, 4.69) is 15.3 Å². The molecule has 176 valence electrons. The van der Waals surface area contributed by atoms with Crippen LogP contribution in [-0.2, 0) is 4.79 Å². The summed E-state index contributed by atoms with van der Waals surface area (Å²) >= 11 is 0. The molecule has 4 rings (SSSR count). The van der Waals surface area contributed by atoms with Gasteiger partial charge in [-0.15, -0.1) is 0 Å². The summed E-state index contributed by atoms with van der Waals surface area (Å²) in [5, 5.41) is 2.77. The third kappa shape index (κ3) is 5.51. The van der Waals surface area contributed by atoms with Gasteiger partial charge in [0.15, 0.2) is 6.61 Å². The van der Waals surface area contributed by atoms with E-state index in [1.54, 1.807) is 29.3 Å². The van der Waals surface area contributed by atoms with Gasteiger partial charge in [0.1, 0.15) is 17.3 Å². The number of aryl methyl sites for hydroxylation is 1. The molecule has 2 amide bonds. The maximum atomic E-state index is 13.0. The van der Waals surface area contributed by atoms with Crippen LogP contribution in [0, 0.1) is 6.92 Å². The topological polar surface area (TPSA) is 87.7 Å². The molecule has 0 saturated carbocycles. The van der Waals surface area contributed by atoms with Crippen molar-refractivity contribution < 1.29 is 14.3 Å². The summed E-state index contributed by atoms with van der Waals surface area (Å²) in [5.41, 5.74) is 3.00. The first kappa shape index (κ1) is 23.2. The molecule has 1 aliphatic heterocycles. The first-order chi connectivity index (χ1) is 16.4. The summed E-state index contributed by atoms with van der Waals surface area (Å²) in [6.07, 6.45) is 3.36. The van der Waals surface area contributed by atoms with E-state index in [0.717, 1.165) is 24.1 Å². The highest BCUT2D eigenvalue weighted by atomic mass is 16.5. The van der Waals surface area contributed by atoms with Gasteiger partial charge in [0.05, 0.1) is 11.7 Å². The minimum absolute atomic E-state index is 0.0490. The third-order valence-corrected chi connectivity index (χ3v) is 5.77. The number of hydrogen-bond donors (Lipinski definition) is 1. The minimum atomic E-state index is -0.335. The number of nitrogens with zero attached hydrogens (tertiary/aromatic N) is 4. The molecular weight excluding hydrogens is 430 g/mol. The largest absolute Gasteiger partial charge is 0.484 e. The molecule has 1 aromatic carbocycles. The Bertz CT molecular complexity index is 1160. The van der Waals surface area contributed by atoms with Crippen LogP contribution in [0.1, 0.15) is 40.6 Å². The monoisotopic (exact) mass is 459 g/mol. The molecule has 1 atom stereocenters. The average Bonchev–Trinajstić information content (AvgIpc) is 3.34. The zero-order valence-electron chi connectivity index (χ0n) is 19.7. The second kappa shape index (κ2) is 10.3. The third-order valence-electron chi connectivity index (χ3n) is 5.77. The first-order valence-corrected chi connectivity index (χ1v) is 11.3. The van der Waals surface area contributed by atoms with Crippen LogP contribution in [0.5, 0.6) is 5.75 Å². The van der Waals surface area contributed by atoms with E-state index in [4.69, 9.17) is 4.74 Å². The number of benzene rings is 1. The van der Waals surface area contributed by atoms with E-state index in [-0.39, 0.29) is 30.2 Å². The maximum absolute atomic E-state index is 13.0. The van der Waals surface area contributed by atoms with Crippen LogP contribution >= 0.6 is 0 Å². The quantitative estimate of drug-likeness (QED) is 0.578. The van der Waals surface area contributed by atoms with Crippen molar-refractivity contribution in [1.82, 2.24) is 14.9 Å². The average molecular weight is 460 g/mol. The molecule has 34 heavy (non-hydrogen) atoms. The van der Waals surface area contributed by atoms with Gasteiger partial charge in [-0.1, -0.05) is 18.2 Å². The van der Waals surface area contributed by atoms with Crippen LogP contribution in [0.25, 0.3) is 0 Å². The molecule has 3 aromatic rings. The number of likely N-dealkylation sites (tertiary alicyclic amines) is 1. The molecule has 1 fully saturated rings. The number of amides is 2. The van der Waals surface area contributed by atoms with Gasteiger partial charge in [-0.25, -0.2) is 9.97 Å². The summed E-state index contributed by atoms with van der Waals surface area (Å²) < 4.78 is 5.78. The molecular formula is C26H29N5O3. The summed E-state index contributed by atoms with van der Waals surface area (Å²) in [6, 6.07) is 16.4. The van der Waals surface area contributed by atoms with Gasteiger partial charge in [-0.2, -0.15) is 0 Å². The van der Waals surface area contributed by atoms with Crippen molar-refractivity contribution in [3.63, 3.8) is 0 Å². The Morgan fingerprint density at radius 3 is 2.74 bits per heavy atom. The van der Waals surface area contributed by atoms with Gasteiger partial charge in [-0.05, 0) is 55.7 Å². The number of anilines is 2. The van der Waals surface area contributed by atoms with Crippen molar-refractivity contribution in [2.24, 2.45) is 0 Å². The molecule has 1 N–H and O–H groups in total. The lowest BCUT2D eigenvalue weighted by atomic mass is 10.1. The number of ether oxygens (including phenoxy) is 1. The van der Waals surface area contributed by atoms with Gasteiger partial charge in [-0.3, -0.25) is 9.59 Å². The molecule has 8 heteroatoms. The second-order valence-electron chi connectivity index (χ2n) is 8.55. The fraction of sp³-hybridized carbons (Fsp3) is 0.308. The first-order valence-electron chi connectivity index (χ1n) is 11.3. The van der Waals surface area contributed by atoms with E-state index in [1.165, 1.54) is 0 Å². The molecule has 0 bridgehead atoms. The number of carbonyl (C=O) groups excluding carboxylic acids is 2. The van der Waals surface area contributed by atoms with Gasteiger partial charge in [0.25, 0.3) is 11.8 Å². The van der Waals surface area contributed by atoms with E-state index < -0.39 is 0 Å². The normalized spacial score (nSPS) is 15.1. The molecule has 1 saturated heterocycles. The Morgan fingerprint density at radius 2 is 1.97 bits per heavy atom. The molecule has 3 heterocycles. The highest BCUT2D eigenvalue weighted by Crippen LogP contribution is 2.31. The summed E-state index contributed by atoms with van der Waals surface area (Å²) in [4.78, 5) is 38.2. The molecule has 1 aliphatic rings. The van der Waals surface area contributed by atoms with Crippen LogP contribution in [0.3, 0.4) is 0 Å². The molecule has 0 spiro atoms. The predicted octanol–water partition coefficient (Wildman–Crippen LogP) is 3.85. The van der Waals surface area contributed by atoms with Crippen LogP contribution < -0.4 is 15.0 Å². The van der Waals surface area contributed by atoms with E-state index in [0.29, 0.717) is 23.8 Å². The van der Waals surface area contributed by atoms with Gasteiger partial charge in [0, 0.05) is 38.6 Å². The van der Waals surface area contributed by atoms with E-state index >= 15 is 0 Å². The fourth-order valence-electron chi connectivity index (χ4n) is 3.94. The Balaban J connectivity index is 1.42. The molecule has 0 unspecified atom stereocenters. The van der Waals surface area contributed by atoms with Crippen molar-refractivity contribution in [2.45, 2.75) is 25.8 Å². The number of aromatic nitrogens is 2. The Hall–Kier alpha value is -3.94. The van der Waals surface area contributed by atoms with Gasteiger partial charge in [0.2, 0.25) is 0 Å². The zero-order chi connectivity index (χ0) is 24.1. The zero-order valence-corrected chi connectivity index (χ0v) is 19.7. The fourth-order valence-corrected chi connectivity index (χ4v) is 3.94. The van der Waals surface area contributed by atoms with Crippen LogP contribution in [0.4, 0.5) is 11.5 Å². The Kier molecular flexibility index (Phi) is 7.06. The highest BCUT2D eigenvalue weighted by Gasteiger charge is 2.31. The molecule has 0 aliphatic carbocycles. The number of pyridine rings is 2. The van der Waals surface area contributed by atoms with Crippen molar-refractivity contribution in [3.8, 4) is 5.75 Å². The Labute approximate surface area is 199 Å². The van der Waals surface area contributed by atoms with E-state index in [1.807, 2.05) is 62.3 Å². The summed E-state index contributed by atoms with van der Waals surface area (Å²) in [7, 11) is 3.91. The highest BCUT2D eigenvalue weighted by molar-refractivity contribution is 6.02. The van der Waals surface area contributed by atoms with Crippen LogP contribution in [0.2, 0.25) is 0 Å². The lowest BCUT2D eigenvalue weighted by Gasteiger charge is -2.24. The lowest BCUT2D eigenvalue weighted by Crippen LogP contribution is -2.35. The van der Waals surface area contributed by atoms with Crippen molar-refractivity contribution in [2.75, 3.05) is 37.5 Å². The lowest BCUT2D eigenvalue weighted by molar-refractivity contribution is -0.134. The maximum Gasteiger partial charge on any atom is 0.275 e. The number of rotatable bonds is 7. The van der Waals surface area contributed by atoms with Gasteiger partial charge < -0.3 is 19.9 Å². The van der Waals surface area contributed by atoms with Gasteiger partial charge >= 0.3 is 0 Å². The van der Waals surface area contributed by atoms with Crippen molar-refractivity contribution >= 4 is 23.3 Å². The van der Waals surface area contributed by atoms with Crippen LogP contribution in [-0.4, -0.2) is 53.9 Å². The number of carbonyl (C=O) groups is 2. The minimum Gasteiger partial charge on any atom is -0.484 e. The standard InChI is InChI=1S/C26H29N5O3/c1-18-12-13-24(27-16-18)29-26(33)22-10-5-9-21(28-22)23-11-6-14-31(23)25(32)17-34-20-8-4-7-19(15-20)30(2)3/h4-5,7-10,12-13,15-16,23H,6,11,14,17H2,1-3H3,(H,27,29,33)/t23-/m1/s1. The predicted molar refractivity (Wildman–Crippen MR) is 131 cm³/mol. The number of nitrogens with one attached hydrogen (secondary N) is 1. The number of hydrogen-bond acceptors (Lipinski definition) is 6. The van der Waals surface area contributed by atoms with E-state index in [9.17, 15) is 9.59 Å². The van der Waals surface area contributed by atoms with Crippen molar-refractivity contribution in [3.05, 3.63) is 77.7 Å². The molecule has 0 radical (unpaired) electrons.